The second kappa shape index (κ2) is 7.47. The second-order valence-corrected chi connectivity index (χ2v) is 7.02. The molecule has 0 amide bonds. The Kier molecular flexibility index (Phi) is 5.89. The molecule has 2 aromatic rings. The van der Waals surface area contributed by atoms with Crippen molar-refractivity contribution in [1.29, 1.82) is 0 Å². The van der Waals surface area contributed by atoms with Crippen LogP contribution in [0, 0.1) is 0 Å². The summed E-state index contributed by atoms with van der Waals surface area (Å²) in [6.07, 6.45) is 2.35. The third-order valence-corrected chi connectivity index (χ3v) is 4.40. The molecule has 4 nitrogen and oxygen atoms in total. The van der Waals surface area contributed by atoms with Crippen molar-refractivity contribution in [2.24, 2.45) is 0 Å². The van der Waals surface area contributed by atoms with Crippen LogP contribution in [0.4, 0.5) is 5.69 Å². The van der Waals surface area contributed by atoms with Crippen LogP contribution in [0.25, 0.3) is 0 Å². The zero-order chi connectivity index (χ0) is 15.4. The summed E-state index contributed by atoms with van der Waals surface area (Å²) in [5.74, 6) is 0.748. The summed E-state index contributed by atoms with van der Waals surface area (Å²) >= 11 is 10.3. The predicted molar refractivity (Wildman–Crippen MR) is 94.8 cm³/mol. The quantitative estimate of drug-likeness (QED) is 0.653. The molecule has 1 heterocycles. The zero-order valence-corrected chi connectivity index (χ0v) is 15.7. The van der Waals surface area contributed by atoms with Gasteiger partial charge in [0.2, 0.25) is 0 Å². The molecule has 112 valence electrons. The molecule has 21 heavy (non-hydrogen) atoms. The van der Waals surface area contributed by atoms with Gasteiger partial charge in [-0.3, -0.25) is 4.79 Å². The average molecular weight is 481 g/mol. The number of pyridine rings is 1. The van der Waals surface area contributed by atoms with E-state index in [1.54, 1.807) is 16.8 Å². The smallest absolute Gasteiger partial charge is 0.250 e. The van der Waals surface area contributed by atoms with Crippen LogP contribution in [0.1, 0.15) is 6.42 Å². The van der Waals surface area contributed by atoms with Gasteiger partial charge in [0, 0.05) is 29.0 Å². The van der Waals surface area contributed by atoms with E-state index in [0.29, 0.717) is 25.3 Å². The first-order valence-corrected chi connectivity index (χ1v) is 8.58. The van der Waals surface area contributed by atoms with Crippen LogP contribution in [-0.2, 0) is 6.54 Å². The molecule has 7 heteroatoms. The largest absolute Gasteiger partial charge is 0.491 e. The van der Waals surface area contributed by atoms with Crippen LogP contribution in [0.3, 0.4) is 0 Å². The number of rotatable bonds is 5. The van der Waals surface area contributed by atoms with Crippen LogP contribution >= 0.6 is 47.8 Å². The fourth-order valence-electron chi connectivity index (χ4n) is 1.80. The lowest BCUT2D eigenvalue weighted by molar-refractivity contribution is 0.297. The molecule has 0 saturated heterocycles. The minimum atomic E-state index is -0.0600. The first-order chi connectivity index (χ1) is 9.97. The molecule has 0 unspecified atom stereocenters. The van der Waals surface area contributed by atoms with E-state index < -0.39 is 0 Å². The SMILES string of the molecule is Nc1ccc(=O)n(CCCOc2c(Br)cc(Br)cc2Br)c1. The highest BCUT2D eigenvalue weighted by Crippen LogP contribution is 2.36. The van der Waals surface area contributed by atoms with E-state index >= 15 is 0 Å². The van der Waals surface area contributed by atoms with E-state index in [-0.39, 0.29) is 5.56 Å². The van der Waals surface area contributed by atoms with E-state index in [1.165, 1.54) is 6.07 Å². The number of anilines is 1. The molecule has 0 saturated carbocycles. The molecule has 0 aliphatic rings. The Hall–Kier alpha value is -0.790. The molecule has 2 N–H and O–H groups in total. The Labute approximate surface area is 147 Å². The second-order valence-electron chi connectivity index (χ2n) is 4.39. The summed E-state index contributed by atoms with van der Waals surface area (Å²) in [6, 6.07) is 6.91. The van der Waals surface area contributed by atoms with E-state index in [4.69, 9.17) is 10.5 Å². The summed E-state index contributed by atoms with van der Waals surface area (Å²) in [5.41, 5.74) is 6.19. The molecular formula is C14H13Br3N2O2. The Balaban J connectivity index is 1.94. The third kappa shape index (κ3) is 4.59. The van der Waals surface area contributed by atoms with Gasteiger partial charge in [-0.15, -0.1) is 0 Å². The molecule has 0 fully saturated rings. The van der Waals surface area contributed by atoms with Gasteiger partial charge in [0.25, 0.3) is 5.56 Å². The molecule has 0 atom stereocenters. The highest BCUT2D eigenvalue weighted by molar-refractivity contribution is 9.11. The number of hydrogen-bond donors (Lipinski definition) is 1. The van der Waals surface area contributed by atoms with E-state index in [9.17, 15) is 4.79 Å². The van der Waals surface area contributed by atoms with Gasteiger partial charge in [0.15, 0.2) is 0 Å². The molecule has 0 spiro atoms. The van der Waals surface area contributed by atoms with Crippen molar-refractivity contribution >= 4 is 53.5 Å². The van der Waals surface area contributed by atoms with Gasteiger partial charge in [-0.1, -0.05) is 15.9 Å². The van der Waals surface area contributed by atoms with Crippen LogP contribution < -0.4 is 16.0 Å². The molecule has 0 aliphatic heterocycles. The Morgan fingerprint density at radius 2 is 1.81 bits per heavy atom. The van der Waals surface area contributed by atoms with Crippen molar-refractivity contribution in [3.05, 3.63) is 54.2 Å². The first-order valence-electron chi connectivity index (χ1n) is 6.20. The number of aromatic nitrogens is 1. The van der Waals surface area contributed by atoms with Crippen LogP contribution in [0.5, 0.6) is 5.75 Å². The normalized spacial score (nSPS) is 10.6. The van der Waals surface area contributed by atoms with Crippen molar-refractivity contribution in [2.75, 3.05) is 12.3 Å². The van der Waals surface area contributed by atoms with Gasteiger partial charge >= 0.3 is 0 Å². The van der Waals surface area contributed by atoms with Crippen molar-refractivity contribution in [3.8, 4) is 5.75 Å². The molecule has 0 bridgehead atoms. The summed E-state index contributed by atoms with van der Waals surface area (Å²) in [6.45, 7) is 1.07. The van der Waals surface area contributed by atoms with Gasteiger partial charge in [0.05, 0.1) is 15.6 Å². The monoisotopic (exact) mass is 478 g/mol. The summed E-state index contributed by atoms with van der Waals surface area (Å²) in [7, 11) is 0. The first kappa shape index (κ1) is 16.6. The summed E-state index contributed by atoms with van der Waals surface area (Å²) in [5, 5.41) is 0. The summed E-state index contributed by atoms with van der Waals surface area (Å²) < 4.78 is 10.0. The maximum absolute atomic E-state index is 11.6. The fourth-order valence-corrected chi connectivity index (χ4v) is 4.29. The van der Waals surface area contributed by atoms with E-state index in [2.05, 4.69) is 47.8 Å². The number of ether oxygens (including phenoxy) is 1. The van der Waals surface area contributed by atoms with Crippen LogP contribution in [-0.4, -0.2) is 11.2 Å². The topological polar surface area (TPSA) is 57.2 Å². The molecule has 2 rings (SSSR count). The van der Waals surface area contributed by atoms with Gasteiger partial charge in [-0.05, 0) is 56.5 Å². The number of benzene rings is 1. The number of nitrogens with zero attached hydrogens (tertiary/aromatic N) is 1. The highest BCUT2D eigenvalue weighted by atomic mass is 79.9. The third-order valence-electron chi connectivity index (χ3n) is 2.76. The zero-order valence-electron chi connectivity index (χ0n) is 11.0. The number of hydrogen-bond acceptors (Lipinski definition) is 3. The number of aryl methyl sites for hydroxylation is 1. The highest BCUT2D eigenvalue weighted by Gasteiger charge is 2.08. The van der Waals surface area contributed by atoms with Crippen molar-refractivity contribution in [3.63, 3.8) is 0 Å². The molecule has 1 aromatic carbocycles. The molecular weight excluding hydrogens is 468 g/mol. The average Bonchev–Trinajstić information content (AvgIpc) is 2.40. The minimum absolute atomic E-state index is 0.0600. The lowest BCUT2D eigenvalue weighted by Gasteiger charge is -2.11. The fraction of sp³-hybridized carbons (Fsp3) is 0.214. The number of nitrogens with two attached hydrogens (primary N) is 1. The minimum Gasteiger partial charge on any atom is -0.491 e. The maximum atomic E-state index is 11.6. The van der Waals surface area contributed by atoms with Gasteiger partial charge in [-0.2, -0.15) is 0 Å². The van der Waals surface area contributed by atoms with Crippen molar-refractivity contribution in [2.45, 2.75) is 13.0 Å². The van der Waals surface area contributed by atoms with Gasteiger partial charge in [-0.25, -0.2) is 0 Å². The Morgan fingerprint density at radius 3 is 2.48 bits per heavy atom. The standard InChI is InChI=1S/C14H13Br3N2O2/c15-9-6-11(16)14(12(17)7-9)21-5-1-4-19-8-10(18)2-3-13(19)20/h2-3,6-8H,1,4-5,18H2. The molecule has 0 radical (unpaired) electrons. The Morgan fingerprint density at radius 1 is 1.14 bits per heavy atom. The van der Waals surface area contributed by atoms with Crippen molar-refractivity contribution in [1.82, 2.24) is 4.57 Å². The maximum Gasteiger partial charge on any atom is 0.250 e. The Bertz CT molecular complexity index is 678. The molecule has 1 aromatic heterocycles. The molecule has 0 aliphatic carbocycles. The van der Waals surface area contributed by atoms with Gasteiger partial charge < -0.3 is 15.0 Å². The number of halogens is 3. The predicted octanol–water partition coefficient (Wildman–Crippen LogP) is 4.19. The van der Waals surface area contributed by atoms with E-state index in [0.717, 1.165) is 19.2 Å². The number of nitrogen functional groups attached to an aromatic ring is 1. The van der Waals surface area contributed by atoms with Crippen LogP contribution in [0.2, 0.25) is 0 Å². The van der Waals surface area contributed by atoms with Crippen molar-refractivity contribution < 1.29 is 4.74 Å². The van der Waals surface area contributed by atoms with Gasteiger partial charge in [0.1, 0.15) is 5.75 Å². The van der Waals surface area contributed by atoms with Crippen LogP contribution in [0.15, 0.2) is 48.7 Å². The van der Waals surface area contributed by atoms with E-state index in [1.807, 2.05) is 12.1 Å². The lowest BCUT2D eigenvalue weighted by atomic mass is 10.3. The lowest BCUT2D eigenvalue weighted by Crippen LogP contribution is -2.20. The summed E-state index contributed by atoms with van der Waals surface area (Å²) in [4.78, 5) is 11.6.